The van der Waals surface area contributed by atoms with Gasteiger partial charge in [0.2, 0.25) is 5.91 Å². The lowest BCUT2D eigenvalue weighted by molar-refractivity contribution is -0.124. The zero-order valence-electron chi connectivity index (χ0n) is 10.2. The van der Waals surface area contributed by atoms with Gasteiger partial charge in [-0.1, -0.05) is 0 Å². The van der Waals surface area contributed by atoms with Crippen LogP contribution in [-0.4, -0.2) is 36.3 Å². The number of nitrogens with two attached hydrogens (primary N) is 1. The zero-order chi connectivity index (χ0) is 13.1. The van der Waals surface area contributed by atoms with Gasteiger partial charge in [0.25, 0.3) is 5.91 Å². The van der Waals surface area contributed by atoms with Crippen molar-refractivity contribution >= 4 is 11.8 Å². The van der Waals surface area contributed by atoms with Crippen LogP contribution in [0, 0.1) is 6.92 Å². The summed E-state index contributed by atoms with van der Waals surface area (Å²) in [5.41, 5.74) is 2.49. The monoisotopic (exact) mass is 252 g/mol. The van der Waals surface area contributed by atoms with Crippen molar-refractivity contribution < 1.29 is 14.0 Å². The summed E-state index contributed by atoms with van der Waals surface area (Å²) in [4.78, 5) is 24.6. The van der Waals surface area contributed by atoms with Crippen molar-refractivity contribution in [1.29, 1.82) is 0 Å². The van der Waals surface area contributed by atoms with E-state index in [1.54, 1.807) is 13.0 Å². The second-order valence-corrected chi connectivity index (χ2v) is 4.22. The van der Waals surface area contributed by atoms with E-state index in [1.807, 2.05) is 4.90 Å². The van der Waals surface area contributed by atoms with E-state index in [2.05, 4.69) is 10.7 Å². The summed E-state index contributed by atoms with van der Waals surface area (Å²) in [5, 5.41) is 2.75. The van der Waals surface area contributed by atoms with Gasteiger partial charge in [0, 0.05) is 13.1 Å². The predicted octanol–water partition coefficient (Wildman–Crippen LogP) is -0.877. The highest BCUT2D eigenvalue weighted by atomic mass is 16.3. The molecule has 0 atom stereocenters. The highest BCUT2D eigenvalue weighted by molar-refractivity contribution is 5.94. The molecule has 0 bridgehead atoms. The fourth-order valence-corrected chi connectivity index (χ4v) is 1.97. The molecular formula is C11H16N4O3. The number of carbonyl (C=O) groups excluding carboxylic acids is 2. The molecular weight excluding hydrogens is 236 g/mol. The van der Waals surface area contributed by atoms with E-state index in [9.17, 15) is 9.59 Å². The van der Waals surface area contributed by atoms with Crippen LogP contribution in [0.15, 0.2) is 10.5 Å². The van der Waals surface area contributed by atoms with E-state index < -0.39 is 0 Å². The number of nitrogen functional groups attached to an aromatic ring is 1. The third-order valence-electron chi connectivity index (χ3n) is 2.84. The molecule has 1 saturated heterocycles. The number of carbonyl (C=O) groups is 2. The van der Waals surface area contributed by atoms with Crippen molar-refractivity contribution in [3.05, 3.63) is 23.2 Å². The fraction of sp³-hybridized carbons (Fsp3) is 0.455. The lowest BCUT2D eigenvalue weighted by Gasteiger charge is -2.25. The van der Waals surface area contributed by atoms with Gasteiger partial charge in [0.15, 0.2) is 0 Å². The summed E-state index contributed by atoms with van der Waals surface area (Å²) in [6, 6.07) is 1.66. The van der Waals surface area contributed by atoms with Crippen molar-refractivity contribution in [2.24, 2.45) is 5.84 Å². The Bertz CT molecular complexity index is 469. The van der Waals surface area contributed by atoms with Gasteiger partial charge in [0.05, 0.1) is 18.7 Å². The average molecular weight is 252 g/mol. The summed E-state index contributed by atoms with van der Waals surface area (Å²) < 4.78 is 5.49. The minimum atomic E-state index is -0.376. The van der Waals surface area contributed by atoms with Crippen molar-refractivity contribution in [3.8, 4) is 0 Å². The number of hydrazine groups is 1. The highest BCUT2D eigenvalue weighted by Crippen LogP contribution is 2.16. The molecule has 0 aliphatic carbocycles. The first-order valence-electron chi connectivity index (χ1n) is 5.69. The van der Waals surface area contributed by atoms with Crippen LogP contribution in [0.2, 0.25) is 0 Å². The second kappa shape index (κ2) is 5.19. The molecule has 0 unspecified atom stereocenters. The van der Waals surface area contributed by atoms with Gasteiger partial charge in [-0.3, -0.25) is 19.9 Å². The van der Waals surface area contributed by atoms with Gasteiger partial charge in [-0.25, -0.2) is 5.84 Å². The Hall–Kier alpha value is -1.86. The Kier molecular flexibility index (Phi) is 3.63. The molecule has 0 spiro atoms. The van der Waals surface area contributed by atoms with Crippen LogP contribution < -0.4 is 16.6 Å². The number of furan rings is 1. The van der Waals surface area contributed by atoms with Crippen molar-refractivity contribution in [1.82, 2.24) is 15.6 Å². The maximum absolute atomic E-state index is 11.4. The quantitative estimate of drug-likeness (QED) is 0.368. The molecule has 1 aliphatic rings. The molecule has 1 fully saturated rings. The zero-order valence-corrected chi connectivity index (χ0v) is 10.2. The second-order valence-electron chi connectivity index (χ2n) is 4.22. The first-order valence-corrected chi connectivity index (χ1v) is 5.69. The van der Waals surface area contributed by atoms with Gasteiger partial charge < -0.3 is 9.73 Å². The molecule has 7 heteroatoms. The number of amides is 2. The molecule has 2 heterocycles. The summed E-state index contributed by atoms with van der Waals surface area (Å²) in [7, 11) is 0. The standard InChI is InChI=1S/C11H16N4O3/c1-7-9(11(17)14-12)4-8(18-7)5-15-3-2-13-10(16)6-15/h4H,2-3,5-6,12H2,1H3,(H,13,16)(H,14,17). The molecule has 1 aromatic heterocycles. The Morgan fingerprint density at radius 1 is 1.67 bits per heavy atom. The average Bonchev–Trinajstić information content (AvgIpc) is 2.69. The summed E-state index contributed by atoms with van der Waals surface area (Å²) >= 11 is 0. The molecule has 1 aromatic rings. The van der Waals surface area contributed by atoms with E-state index in [4.69, 9.17) is 10.3 Å². The van der Waals surface area contributed by atoms with E-state index in [1.165, 1.54) is 0 Å². The topological polar surface area (TPSA) is 101 Å². The molecule has 2 amide bonds. The lowest BCUT2D eigenvalue weighted by Crippen LogP contribution is -2.47. The number of piperazine rings is 1. The van der Waals surface area contributed by atoms with E-state index in [0.717, 1.165) is 6.54 Å². The molecule has 1 aliphatic heterocycles. The van der Waals surface area contributed by atoms with Gasteiger partial charge in [0.1, 0.15) is 11.5 Å². The van der Waals surface area contributed by atoms with E-state index in [0.29, 0.717) is 36.7 Å². The molecule has 0 saturated carbocycles. The molecule has 7 nitrogen and oxygen atoms in total. The van der Waals surface area contributed by atoms with Crippen LogP contribution in [0.25, 0.3) is 0 Å². The van der Waals surface area contributed by atoms with Crippen LogP contribution in [0.5, 0.6) is 0 Å². The molecule has 18 heavy (non-hydrogen) atoms. The number of nitrogens with zero attached hydrogens (tertiary/aromatic N) is 1. The van der Waals surface area contributed by atoms with Crippen LogP contribution in [0.3, 0.4) is 0 Å². The fourth-order valence-electron chi connectivity index (χ4n) is 1.97. The highest BCUT2D eigenvalue weighted by Gasteiger charge is 2.19. The first kappa shape index (κ1) is 12.6. The SMILES string of the molecule is Cc1oc(CN2CCNC(=O)C2)cc1C(=O)NN. The molecule has 98 valence electrons. The maximum atomic E-state index is 11.4. The number of rotatable bonds is 3. The third kappa shape index (κ3) is 2.69. The molecule has 2 rings (SSSR count). The molecule has 0 aromatic carbocycles. The maximum Gasteiger partial charge on any atom is 0.268 e. The van der Waals surface area contributed by atoms with Gasteiger partial charge in [-0.15, -0.1) is 0 Å². The van der Waals surface area contributed by atoms with Crippen LogP contribution >= 0.6 is 0 Å². The number of nitrogens with one attached hydrogen (secondary N) is 2. The smallest absolute Gasteiger partial charge is 0.268 e. The number of aryl methyl sites for hydroxylation is 1. The minimum Gasteiger partial charge on any atom is -0.464 e. The largest absolute Gasteiger partial charge is 0.464 e. The first-order chi connectivity index (χ1) is 8.60. The van der Waals surface area contributed by atoms with Gasteiger partial charge in [-0.05, 0) is 13.0 Å². The van der Waals surface area contributed by atoms with Gasteiger partial charge >= 0.3 is 0 Å². The number of hydrogen-bond donors (Lipinski definition) is 3. The summed E-state index contributed by atoms with van der Waals surface area (Å²) in [5.74, 6) is 5.88. The Morgan fingerprint density at radius 2 is 2.44 bits per heavy atom. The number of hydrogen-bond acceptors (Lipinski definition) is 5. The van der Waals surface area contributed by atoms with Crippen molar-refractivity contribution in [2.75, 3.05) is 19.6 Å². The summed E-state index contributed by atoms with van der Waals surface area (Å²) in [6.45, 7) is 3.96. The van der Waals surface area contributed by atoms with Crippen molar-refractivity contribution in [2.45, 2.75) is 13.5 Å². The van der Waals surface area contributed by atoms with E-state index >= 15 is 0 Å². The van der Waals surface area contributed by atoms with Crippen LogP contribution in [-0.2, 0) is 11.3 Å². The molecule has 0 radical (unpaired) electrons. The molecule has 4 N–H and O–H groups in total. The minimum absolute atomic E-state index is 0.00412. The van der Waals surface area contributed by atoms with Crippen LogP contribution in [0.1, 0.15) is 21.9 Å². The van der Waals surface area contributed by atoms with Crippen molar-refractivity contribution in [3.63, 3.8) is 0 Å². The van der Waals surface area contributed by atoms with Crippen LogP contribution in [0.4, 0.5) is 0 Å². The Morgan fingerprint density at radius 3 is 3.11 bits per heavy atom. The van der Waals surface area contributed by atoms with Gasteiger partial charge in [-0.2, -0.15) is 0 Å². The Balaban J connectivity index is 2.05. The summed E-state index contributed by atoms with van der Waals surface area (Å²) in [6.07, 6.45) is 0. The van der Waals surface area contributed by atoms with E-state index in [-0.39, 0.29) is 11.8 Å². The lowest BCUT2D eigenvalue weighted by atomic mass is 10.2. The normalized spacial score (nSPS) is 16.4. The predicted molar refractivity (Wildman–Crippen MR) is 63.4 cm³/mol. The Labute approximate surface area is 104 Å². The third-order valence-corrected chi connectivity index (χ3v) is 2.84.